The molecule has 2 N–H and O–H groups in total. The highest BCUT2D eigenvalue weighted by atomic mass is 16.6. The molecule has 1 atom stereocenters. The highest BCUT2D eigenvalue weighted by Gasteiger charge is 2.11. The first-order chi connectivity index (χ1) is 9.83. The summed E-state index contributed by atoms with van der Waals surface area (Å²) in [5, 5.41) is 10.4. The Balaban J connectivity index is 1.53. The van der Waals surface area contributed by atoms with Gasteiger partial charge < -0.3 is 14.8 Å². The summed E-state index contributed by atoms with van der Waals surface area (Å²) in [6, 6.07) is 8.41. The fourth-order valence-corrected chi connectivity index (χ4v) is 2.29. The summed E-state index contributed by atoms with van der Waals surface area (Å²) in [6.45, 7) is 4.29. The normalized spacial score (nSPS) is 15.1. The summed E-state index contributed by atoms with van der Waals surface area (Å²) in [7, 11) is 0. The molecule has 2 aromatic rings. The molecule has 1 aromatic heterocycles. The van der Waals surface area contributed by atoms with Gasteiger partial charge in [-0.15, -0.1) is 0 Å². The van der Waals surface area contributed by atoms with E-state index in [4.69, 9.17) is 9.47 Å². The van der Waals surface area contributed by atoms with E-state index in [0.717, 1.165) is 30.2 Å². The lowest BCUT2D eigenvalue weighted by Gasteiger charge is -2.19. The molecule has 0 saturated heterocycles. The lowest BCUT2D eigenvalue weighted by atomic mass is 10.1. The van der Waals surface area contributed by atoms with Gasteiger partial charge in [0.25, 0.3) is 0 Å². The van der Waals surface area contributed by atoms with Gasteiger partial charge >= 0.3 is 0 Å². The van der Waals surface area contributed by atoms with Crippen molar-refractivity contribution in [3.8, 4) is 11.5 Å². The van der Waals surface area contributed by atoms with Gasteiger partial charge in [-0.3, -0.25) is 5.10 Å². The van der Waals surface area contributed by atoms with Crippen molar-refractivity contribution in [1.82, 2.24) is 15.5 Å². The van der Waals surface area contributed by atoms with E-state index in [1.165, 1.54) is 5.56 Å². The molecule has 0 radical (unpaired) electrons. The van der Waals surface area contributed by atoms with E-state index in [2.05, 4.69) is 34.6 Å². The van der Waals surface area contributed by atoms with E-state index < -0.39 is 0 Å². The molecule has 0 spiro atoms. The maximum atomic E-state index is 5.59. The zero-order valence-electron chi connectivity index (χ0n) is 11.6. The van der Waals surface area contributed by atoms with E-state index in [1.54, 1.807) is 6.20 Å². The van der Waals surface area contributed by atoms with Crippen molar-refractivity contribution >= 4 is 0 Å². The second kappa shape index (κ2) is 5.96. The van der Waals surface area contributed by atoms with Crippen LogP contribution < -0.4 is 14.8 Å². The number of hydrogen-bond donors (Lipinski definition) is 2. The smallest absolute Gasteiger partial charge is 0.161 e. The summed E-state index contributed by atoms with van der Waals surface area (Å²) < 4.78 is 11.1. The molecule has 1 aliphatic rings. The highest BCUT2D eigenvalue weighted by molar-refractivity contribution is 5.43. The molecule has 1 aliphatic heterocycles. The summed E-state index contributed by atoms with van der Waals surface area (Å²) >= 11 is 0. The molecular weight excluding hydrogens is 254 g/mol. The second-order valence-electron chi connectivity index (χ2n) is 4.92. The Kier molecular flexibility index (Phi) is 3.87. The molecule has 0 fully saturated rings. The minimum atomic E-state index is 0.273. The number of ether oxygens (including phenoxy) is 2. The molecule has 1 aromatic carbocycles. The second-order valence-corrected chi connectivity index (χ2v) is 4.92. The number of fused-ring (bicyclic) bond motifs is 1. The Morgan fingerprint density at radius 1 is 1.25 bits per heavy atom. The van der Waals surface area contributed by atoms with Crippen molar-refractivity contribution in [1.29, 1.82) is 0 Å². The number of H-pyrrole nitrogens is 1. The number of hydrogen-bond acceptors (Lipinski definition) is 4. The number of aromatic nitrogens is 2. The summed E-state index contributed by atoms with van der Waals surface area (Å²) in [5.74, 6) is 1.70. The minimum Gasteiger partial charge on any atom is -0.486 e. The maximum Gasteiger partial charge on any atom is 0.161 e. The molecule has 0 bridgehead atoms. The molecule has 5 nitrogen and oxygen atoms in total. The highest BCUT2D eigenvalue weighted by Crippen LogP contribution is 2.30. The number of rotatable bonds is 5. The van der Waals surface area contributed by atoms with E-state index in [1.807, 2.05) is 12.1 Å². The van der Waals surface area contributed by atoms with Crippen molar-refractivity contribution in [3.05, 3.63) is 41.7 Å². The van der Waals surface area contributed by atoms with Crippen LogP contribution >= 0.6 is 0 Å². The van der Waals surface area contributed by atoms with Crippen LogP contribution in [0.1, 0.15) is 24.2 Å². The van der Waals surface area contributed by atoms with Gasteiger partial charge in [0.15, 0.2) is 11.5 Å². The van der Waals surface area contributed by atoms with Crippen LogP contribution in [0.3, 0.4) is 0 Å². The Hall–Kier alpha value is -2.01. The van der Waals surface area contributed by atoms with Crippen LogP contribution in [-0.2, 0) is 6.42 Å². The number of nitrogens with one attached hydrogen (secondary N) is 2. The van der Waals surface area contributed by atoms with Crippen LogP contribution in [0.4, 0.5) is 0 Å². The van der Waals surface area contributed by atoms with Crippen LogP contribution in [0.15, 0.2) is 30.5 Å². The van der Waals surface area contributed by atoms with Gasteiger partial charge in [-0.2, -0.15) is 5.10 Å². The third-order valence-corrected chi connectivity index (χ3v) is 3.46. The Morgan fingerprint density at radius 3 is 2.90 bits per heavy atom. The van der Waals surface area contributed by atoms with Gasteiger partial charge in [-0.1, -0.05) is 6.07 Å². The molecule has 2 heterocycles. The predicted molar refractivity (Wildman–Crippen MR) is 76.1 cm³/mol. The van der Waals surface area contributed by atoms with Gasteiger partial charge in [0, 0.05) is 12.2 Å². The molecule has 106 valence electrons. The van der Waals surface area contributed by atoms with Gasteiger partial charge in [-0.05, 0) is 43.7 Å². The minimum absolute atomic E-state index is 0.273. The third-order valence-electron chi connectivity index (χ3n) is 3.46. The SMILES string of the molecule is CC(NCCc1ccc2c(c1)OCCO2)c1ccn[nH]1. The van der Waals surface area contributed by atoms with Crippen LogP contribution in [0, 0.1) is 0 Å². The van der Waals surface area contributed by atoms with Crippen molar-refractivity contribution in [2.75, 3.05) is 19.8 Å². The van der Waals surface area contributed by atoms with Crippen LogP contribution in [-0.4, -0.2) is 30.0 Å². The number of nitrogens with zero attached hydrogens (tertiary/aromatic N) is 1. The molecule has 20 heavy (non-hydrogen) atoms. The fraction of sp³-hybridized carbons (Fsp3) is 0.400. The van der Waals surface area contributed by atoms with E-state index in [9.17, 15) is 0 Å². The zero-order valence-corrected chi connectivity index (χ0v) is 11.6. The standard InChI is InChI=1S/C15H19N3O2/c1-11(13-5-7-17-18-13)16-6-4-12-2-3-14-15(10-12)20-9-8-19-14/h2-3,5,7,10-11,16H,4,6,8-9H2,1H3,(H,17,18). The first kappa shape index (κ1) is 13.0. The maximum absolute atomic E-state index is 5.59. The van der Waals surface area contributed by atoms with Crippen LogP contribution in [0.5, 0.6) is 11.5 Å². The van der Waals surface area contributed by atoms with Gasteiger partial charge in [0.1, 0.15) is 13.2 Å². The zero-order chi connectivity index (χ0) is 13.8. The first-order valence-electron chi connectivity index (χ1n) is 6.94. The Labute approximate surface area is 118 Å². The Morgan fingerprint density at radius 2 is 2.10 bits per heavy atom. The largest absolute Gasteiger partial charge is 0.486 e. The molecule has 0 aliphatic carbocycles. The average Bonchev–Trinajstić information content (AvgIpc) is 3.01. The summed E-state index contributed by atoms with van der Waals surface area (Å²) in [4.78, 5) is 0. The Bertz CT molecular complexity index is 554. The molecule has 0 amide bonds. The monoisotopic (exact) mass is 273 g/mol. The van der Waals surface area contributed by atoms with Crippen molar-refractivity contribution < 1.29 is 9.47 Å². The predicted octanol–water partition coefficient (Wildman–Crippen LogP) is 2.07. The molecule has 1 unspecified atom stereocenters. The van der Waals surface area contributed by atoms with E-state index in [0.29, 0.717) is 13.2 Å². The molecule has 5 heteroatoms. The van der Waals surface area contributed by atoms with Gasteiger partial charge in [-0.25, -0.2) is 0 Å². The van der Waals surface area contributed by atoms with Crippen molar-refractivity contribution in [2.45, 2.75) is 19.4 Å². The number of aromatic amines is 1. The first-order valence-corrected chi connectivity index (χ1v) is 6.94. The van der Waals surface area contributed by atoms with Gasteiger partial charge in [0.2, 0.25) is 0 Å². The topological polar surface area (TPSA) is 59.2 Å². The van der Waals surface area contributed by atoms with E-state index in [-0.39, 0.29) is 6.04 Å². The van der Waals surface area contributed by atoms with Crippen LogP contribution in [0.25, 0.3) is 0 Å². The van der Waals surface area contributed by atoms with E-state index >= 15 is 0 Å². The van der Waals surface area contributed by atoms with Crippen molar-refractivity contribution in [3.63, 3.8) is 0 Å². The van der Waals surface area contributed by atoms with Crippen LogP contribution in [0.2, 0.25) is 0 Å². The lowest BCUT2D eigenvalue weighted by molar-refractivity contribution is 0.171. The van der Waals surface area contributed by atoms with Gasteiger partial charge in [0.05, 0.1) is 5.69 Å². The summed E-state index contributed by atoms with van der Waals surface area (Å²) in [6.07, 6.45) is 2.73. The molecule has 0 saturated carbocycles. The molecule has 3 rings (SSSR count). The quantitative estimate of drug-likeness (QED) is 0.875. The van der Waals surface area contributed by atoms with Crippen molar-refractivity contribution in [2.24, 2.45) is 0 Å². The average molecular weight is 273 g/mol. The third kappa shape index (κ3) is 2.93. The number of benzene rings is 1. The fourth-order valence-electron chi connectivity index (χ4n) is 2.29. The lowest BCUT2D eigenvalue weighted by Crippen LogP contribution is -2.22. The molecular formula is C15H19N3O2. The summed E-state index contributed by atoms with van der Waals surface area (Å²) in [5.41, 5.74) is 2.35.